The molecule has 0 aromatic heterocycles. The van der Waals surface area contributed by atoms with Gasteiger partial charge in [0.15, 0.2) is 6.61 Å². The monoisotopic (exact) mass is 415 g/mol. The van der Waals surface area contributed by atoms with E-state index in [0.29, 0.717) is 17.9 Å². The molecule has 162 valence electrons. The zero-order chi connectivity index (χ0) is 21.7. The Morgan fingerprint density at radius 2 is 1.83 bits per heavy atom. The van der Waals surface area contributed by atoms with Gasteiger partial charge in [-0.3, -0.25) is 19.8 Å². The van der Waals surface area contributed by atoms with E-state index in [9.17, 15) is 19.2 Å². The van der Waals surface area contributed by atoms with Crippen molar-refractivity contribution in [3.05, 3.63) is 35.9 Å². The fourth-order valence-corrected chi connectivity index (χ4v) is 4.19. The van der Waals surface area contributed by atoms with Crippen LogP contribution >= 0.6 is 0 Å². The van der Waals surface area contributed by atoms with Crippen LogP contribution < -0.4 is 10.7 Å². The van der Waals surface area contributed by atoms with Crippen molar-refractivity contribution in [2.75, 3.05) is 6.61 Å². The molecule has 1 spiro atoms. The number of nitrogens with one attached hydrogen (secondary N) is 2. The number of benzene rings is 1. The second kappa shape index (κ2) is 9.28. The molecule has 2 atom stereocenters. The second-order valence-corrected chi connectivity index (χ2v) is 8.13. The number of rotatable bonds is 7. The summed E-state index contributed by atoms with van der Waals surface area (Å²) in [6.07, 6.45) is 4.61. The van der Waals surface area contributed by atoms with Gasteiger partial charge in [0.25, 0.3) is 11.8 Å². The molecule has 2 fully saturated rings. The molecule has 2 N–H and O–H groups in total. The van der Waals surface area contributed by atoms with Gasteiger partial charge in [-0.05, 0) is 24.3 Å². The number of imide groups is 1. The summed E-state index contributed by atoms with van der Waals surface area (Å²) in [7, 11) is 0. The van der Waals surface area contributed by atoms with Crippen LogP contribution in [0.2, 0.25) is 0 Å². The van der Waals surface area contributed by atoms with Gasteiger partial charge in [0.1, 0.15) is 5.54 Å². The fraction of sp³-hybridized carbons (Fsp3) is 0.545. The van der Waals surface area contributed by atoms with Crippen molar-refractivity contribution >= 4 is 23.8 Å². The van der Waals surface area contributed by atoms with Crippen LogP contribution in [0.4, 0.5) is 4.79 Å². The van der Waals surface area contributed by atoms with Crippen molar-refractivity contribution in [3.63, 3.8) is 0 Å². The molecule has 8 nitrogen and oxygen atoms in total. The molecule has 0 bridgehead atoms. The molecule has 1 aromatic rings. The van der Waals surface area contributed by atoms with Gasteiger partial charge in [0.05, 0.1) is 5.92 Å². The molecule has 8 heteroatoms. The minimum Gasteiger partial charge on any atom is -0.455 e. The molecule has 1 aromatic carbocycles. The summed E-state index contributed by atoms with van der Waals surface area (Å²) >= 11 is 0. The number of urea groups is 1. The smallest absolute Gasteiger partial charge is 0.344 e. The molecule has 0 radical (unpaired) electrons. The van der Waals surface area contributed by atoms with Gasteiger partial charge in [0, 0.05) is 0 Å². The first-order valence-electron chi connectivity index (χ1n) is 10.6. The maximum atomic E-state index is 12.7. The van der Waals surface area contributed by atoms with E-state index in [0.717, 1.165) is 31.2 Å². The summed E-state index contributed by atoms with van der Waals surface area (Å²) in [6, 6.07) is 8.63. The Labute approximate surface area is 176 Å². The molecular formula is C22H29N3O5. The van der Waals surface area contributed by atoms with Crippen molar-refractivity contribution in [2.24, 2.45) is 5.92 Å². The van der Waals surface area contributed by atoms with Crippen LogP contribution in [-0.4, -0.2) is 41.0 Å². The summed E-state index contributed by atoms with van der Waals surface area (Å²) in [5, 5.41) is 3.43. The van der Waals surface area contributed by atoms with Crippen LogP contribution in [0, 0.1) is 5.92 Å². The minimum absolute atomic E-state index is 0.0278. The Bertz CT molecular complexity index is 804. The Balaban J connectivity index is 1.59. The van der Waals surface area contributed by atoms with E-state index in [1.807, 2.05) is 44.2 Å². The number of hydrogen-bond donors (Lipinski definition) is 2. The molecule has 1 aliphatic carbocycles. The van der Waals surface area contributed by atoms with Crippen LogP contribution in [0.1, 0.15) is 63.9 Å². The Morgan fingerprint density at radius 3 is 2.47 bits per heavy atom. The van der Waals surface area contributed by atoms with Crippen LogP contribution in [-0.2, 0) is 19.1 Å². The van der Waals surface area contributed by atoms with Crippen LogP contribution in [0.15, 0.2) is 30.3 Å². The highest BCUT2D eigenvalue weighted by Gasteiger charge is 2.52. The lowest BCUT2D eigenvalue weighted by Crippen LogP contribution is -2.51. The van der Waals surface area contributed by atoms with Gasteiger partial charge in [-0.1, -0.05) is 69.9 Å². The number of nitrogens with zero attached hydrogens (tertiary/aromatic N) is 1. The normalized spacial score (nSPS) is 19.9. The maximum absolute atomic E-state index is 12.7. The highest BCUT2D eigenvalue weighted by molar-refractivity contribution is 6.08. The molecule has 3 rings (SSSR count). The topological polar surface area (TPSA) is 105 Å². The third-order valence-electron chi connectivity index (χ3n) is 6.08. The van der Waals surface area contributed by atoms with Gasteiger partial charge < -0.3 is 10.1 Å². The first kappa shape index (κ1) is 21.8. The standard InChI is InChI=1S/C22H29N3O5/c1-3-15(2)18(16-10-6-4-7-11-16)19(27)30-14-17(26)24-25-20(28)22(23-21(25)29)12-8-5-9-13-22/h4,6-7,10-11,15,18H,3,5,8-9,12-14H2,1-2H3,(H,23,29)(H,24,26)/t15-,18-/m0/s1. The number of carbonyl (C=O) groups is 4. The Morgan fingerprint density at radius 1 is 1.17 bits per heavy atom. The first-order valence-corrected chi connectivity index (χ1v) is 10.6. The number of hydrazine groups is 1. The summed E-state index contributed by atoms with van der Waals surface area (Å²) in [4.78, 5) is 49.9. The lowest BCUT2D eigenvalue weighted by atomic mass is 9.82. The lowest BCUT2D eigenvalue weighted by Gasteiger charge is -2.30. The van der Waals surface area contributed by atoms with Gasteiger partial charge in [0.2, 0.25) is 0 Å². The molecule has 1 heterocycles. The molecule has 1 aliphatic heterocycles. The molecule has 4 amide bonds. The predicted octanol–water partition coefficient (Wildman–Crippen LogP) is 2.65. The highest BCUT2D eigenvalue weighted by Crippen LogP contribution is 2.33. The van der Waals surface area contributed by atoms with E-state index < -0.39 is 41.9 Å². The summed E-state index contributed by atoms with van der Waals surface area (Å²) in [5.74, 6) is -2.15. The molecule has 1 saturated heterocycles. The van der Waals surface area contributed by atoms with Crippen LogP contribution in [0.3, 0.4) is 0 Å². The summed E-state index contributed by atoms with van der Waals surface area (Å²) in [6.45, 7) is 3.37. The minimum atomic E-state index is -0.922. The quantitative estimate of drug-likeness (QED) is 0.526. The zero-order valence-electron chi connectivity index (χ0n) is 17.5. The van der Waals surface area contributed by atoms with E-state index >= 15 is 0 Å². The average molecular weight is 415 g/mol. The highest BCUT2D eigenvalue weighted by atomic mass is 16.5. The number of carbonyl (C=O) groups excluding carboxylic acids is 4. The SMILES string of the molecule is CC[C@H](C)[C@H](C(=O)OCC(=O)NN1C(=O)NC2(CCCCC2)C1=O)c1ccccc1. The third-order valence-corrected chi connectivity index (χ3v) is 6.08. The van der Waals surface area contributed by atoms with Crippen molar-refractivity contribution in [3.8, 4) is 0 Å². The molecule has 30 heavy (non-hydrogen) atoms. The van der Waals surface area contributed by atoms with Crippen LogP contribution in [0.25, 0.3) is 0 Å². The van der Waals surface area contributed by atoms with E-state index in [-0.39, 0.29) is 5.92 Å². The Kier molecular flexibility index (Phi) is 6.74. The molecular weight excluding hydrogens is 386 g/mol. The number of hydrogen-bond acceptors (Lipinski definition) is 5. The maximum Gasteiger partial charge on any atom is 0.344 e. The van der Waals surface area contributed by atoms with Crippen molar-refractivity contribution in [1.29, 1.82) is 0 Å². The van der Waals surface area contributed by atoms with Crippen molar-refractivity contribution in [1.82, 2.24) is 15.8 Å². The van der Waals surface area contributed by atoms with Gasteiger partial charge >= 0.3 is 12.0 Å². The van der Waals surface area contributed by atoms with Gasteiger partial charge in [-0.15, -0.1) is 0 Å². The molecule has 0 unspecified atom stereocenters. The largest absolute Gasteiger partial charge is 0.455 e. The second-order valence-electron chi connectivity index (χ2n) is 8.13. The summed E-state index contributed by atoms with van der Waals surface area (Å²) in [5.41, 5.74) is 2.19. The lowest BCUT2D eigenvalue weighted by molar-refractivity contribution is -0.153. The average Bonchev–Trinajstić information content (AvgIpc) is 2.97. The summed E-state index contributed by atoms with van der Waals surface area (Å²) < 4.78 is 5.24. The predicted molar refractivity (Wildman–Crippen MR) is 109 cm³/mol. The number of ether oxygens (including phenoxy) is 1. The van der Waals surface area contributed by atoms with Gasteiger partial charge in [-0.25, -0.2) is 4.79 Å². The number of amides is 4. The molecule has 1 saturated carbocycles. The fourth-order valence-electron chi connectivity index (χ4n) is 4.19. The Hall–Kier alpha value is -2.90. The van der Waals surface area contributed by atoms with E-state index in [1.54, 1.807) is 0 Å². The first-order chi connectivity index (χ1) is 14.4. The van der Waals surface area contributed by atoms with Crippen molar-refractivity contribution in [2.45, 2.75) is 63.8 Å². The number of esters is 1. The van der Waals surface area contributed by atoms with Gasteiger partial charge in [-0.2, -0.15) is 5.01 Å². The van der Waals surface area contributed by atoms with E-state index in [1.165, 1.54) is 0 Å². The van der Waals surface area contributed by atoms with E-state index in [4.69, 9.17) is 4.74 Å². The third kappa shape index (κ3) is 4.47. The molecule has 2 aliphatic rings. The van der Waals surface area contributed by atoms with Crippen LogP contribution in [0.5, 0.6) is 0 Å². The van der Waals surface area contributed by atoms with E-state index in [2.05, 4.69) is 10.7 Å². The van der Waals surface area contributed by atoms with Crippen molar-refractivity contribution < 1.29 is 23.9 Å². The zero-order valence-corrected chi connectivity index (χ0v) is 17.5.